The molecule has 0 saturated heterocycles. The Kier molecular flexibility index (Phi) is 7.68. The zero-order chi connectivity index (χ0) is 15.7. The van der Waals surface area contributed by atoms with E-state index in [1.807, 2.05) is 43.5 Å². The van der Waals surface area contributed by atoms with Gasteiger partial charge in [0.25, 0.3) is 0 Å². The third-order valence-electron chi connectivity index (χ3n) is 2.87. The number of hydrogen-bond donors (Lipinski definition) is 2. The van der Waals surface area contributed by atoms with E-state index in [-0.39, 0.29) is 18.5 Å². The van der Waals surface area contributed by atoms with Crippen LogP contribution in [-0.2, 0) is 4.79 Å². The summed E-state index contributed by atoms with van der Waals surface area (Å²) in [5.74, 6) is -0.0112. The van der Waals surface area contributed by atoms with Gasteiger partial charge in [-0.05, 0) is 31.7 Å². The second kappa shape index (κ2) is 9.28. The maximum absolute atomic E-state index is 12.4. The summed E-state index contributed by atoms with van der Waals surface area (Å²) in [5.41, 5.74) is 0.775. The van der Waals surface area contributed by atoms with Gasteiger partial charge in [0, 0.05) is 30.4 Å². The molecule has 21 heavy (non-hydrogen) atoms. The number of nitrogens with zero attached hydrogens (tertiary/aromatic N) is 1. The van der Waals surface area contributed by atoms with Crippen LogP contribution in [0.2, 0.25) is 0 Å². The molecule has 2 amide bonds. The summed E-state index contributed by atoms with van der Waals surface area (Å²) in [6, 6.07) is 9.18. The average molecular weight is 310 g/mol. The number of hydrogen-bond acceptors (Lipinski definition) is 3. The van der Waals surface area contributed by atoms with Crippen LogP contribution >= 0.6 is 11.8 Å². The summed E-state index contributed by atoms with van der Waals surface area (Å²) < 4.78 is 0. The number of thioether (sulfide) groups is 1. The molecule has 0 saturated carbocycles. The maximum atomic E-state index is 12.4. The number of carboxylic acids is 1. The van der Waals surface area contributed by atoms with E-state index in [0.717, 1.165) is 11.4 Å². The van der Waals surface area contributed by atoms with Crippen LogP contribution in [0.3, 0.4) is 0 Å². The van der Waals surface area contributed by atoms with Gasteiger partial charge in [-0.1, -0.05) is 18.2 Å². The van der Waals surface area contributed by atoms with E-state index in [2.05, 4.69) is 5.32 Å². The van der Waals surface area contributed by atoms with E-state index < -0.39 is 5.97 Å². The van der Waals surface area contributed by atoms with Crippen LogP contribution in [0, 0.1) is 0 Å². The zero-order valence-electron chi connectivity index (χ0n) is 12.4. The molecule has 1 aromatic carbocycles. The van der Waals surface area contributed by atoms with E-state index >= 15 is 0 Å². The monoisotopic (exact) mass is 310 g/mol. The second-order valence-electron chi connectivity index (χ2n) is 4.79. The molecule has 0 heterocycles. The van der Waals surface area contributed by atoms with Crippen LogP contribution in [0.25, 0.3) is 0 Å². The van der Waals surface area contributed by atoms with Crippen molar-refractivity contribution in [3.05, 3.63) is 30.3 Å². The molecule has 1 rings (SSSR count). The molecule has 0 radical (unpaired) electrons. The summed E-state index contributed by atoms with van der Waals surface area (Å²) in [6.07, 6.45) is 2.47. The number of carbonyl (C=O) groups is 2. The first-order valence-electron chi connectivity index (χ1n) is 6.88. The number of para-hydroxylation sites is 1. The normalized spacial score (nSPS) is 11.7. The Bertz CT molecular complexity index is 453. The molecular weight excluding hydrogens is 288 g/mol. The Morgan fingerprint density at radius 1 is 1.33 bits per heavy atom. The number of carbonyl (C=O) groups excluding carboxylic acids is 1. The van der Waals surface area contributed by atoms with E-state index in [0.29, 0.717) is 13.0 Å². The van der Waals surface area contributed by atoms with Gasteiger partial charge in [-0.25, -0.2) is 4.79 Å². The van der Waals surface area contributed by atoms with Gasteiger partial charge in [-0.15, -0.1) is 0 Å². The average Bonchev–Trinajstić information content (AvgIpc) is 2.44. The van der Waals surface area contributed by atoms with Gasteiger partial charge in [-0.2, -0.15) is 11.8 Å². The predicted octanol–water partition coefficient (Wildman–Crippen LogP) is 2.82. The Hall–Kier alpha value is -1.69. The number of carboxylic acid groups (broad SMARTS) is 1. The molecule has 0 spiro atoms. The lowest BCUT2D eigenvalue weighted by Crippen LogP contribution is -2.45. The minimum Gasteiger partial charge on any atom is -0.481 e. The summed E-state index contributed by atoms with van der Waals surface area (Å²) in [5, 5.41) is 11.7. The van der Waals surface area contributed by atoms with E-state index in [1.54, 1.807) is 16.7 Å². The molecule has 0 aliphatic rings. The van der Waals surface area contributed by atoms with Gasteiger partial charge >= 0.3 is 12.0 Å². The van der Waals surface area contributed by atoms with Gasteiger partial charge in [-0.3, -0.25) is 9.69 Å². The van der Waals surface area contributed by atoms with Crippen LogP contribution in [0.4, 0.5) is 10.5 Å². The van der Waals surface area contributed by atoms with Crippen molar-refractivity contribution in [3.8, 4) is 0 Å². The van der Waals surface area contributed by atoms with Gasteiger partial charge in [0.15, 0.2) is 0 Å². The van der Waals surface area contributed by atoms with E-state index in [4.69, 9.17) is 5.11 Å². The first kappa shape index (κ1) is 17.4. The van der Waals surface area contributed by atoms with E-state index in [1.165, 1.54) is 0 Å². The highest BCUT2D eigenvalue weighted by atomic mass is 32.2. The van der Waals surface area contributed by atoms with Crippen LogP contribution in [-0.4, -0.2) is 41.7 Å². The minimum atomic E-state index is -0.848. The molecular formula is C15H22N2O3S. The number of nitrogens with one attached hydrogen (secondary N) is 1. The standard InChI is InChI=1S/C15H22N2O3S/c1-12(11-21-2)16-15(20)17(10-6-9-14(18)19)13-7-4-3-5-8-13/h3-5,7-8,12H,6,9-11H2,1-2H3,(H,16,20)(H,18,19). The fourth-order valence-corrected chi connectivity index (χ4v) is 2.51. The summed E-state index contributed by atoms with van der Waals surface area (Å²) in [4.78, 5) is 24.6. The van der Waals surface area contributed by atoms with Crippen LogP contribution in [0.15, 0.2) is 30.3 Å². The third kappa shape index (κ3) is 6.53. The van der Waals surface area contributed by atoms with Crippen molar-refractivity contribution >= 4 is 29.4 Å². The van der Waals surface area contributed by atoms with Crippen molar-refractivity contribution in [2.75, 3.05) is 23.5 Å². The van der Waals surface area contributed by atoms with Gasteiger partial charge < -0.3 is 10.4 Å². The summed E-state index contributed by atoms with van der Waals surface area (Å²) in [7, 11) is 0. The highest BCUT2D eigenvalue weighted by molar-refractivity contribution is 7.98. The molecule has 2 N–H and O–H groups in total. The number of amides is 2. The van der Waals surface area contributed by atoms with Crippen molar-refractivity contribution in [2.45, 2.75) is 25.8 Å². The second-order valence-corrected chi connectivity index (χ2v) is 5.70. The molecule has 6 heteroatoms. The van der Waals surface area contributed by atoms with Crippen LogP contribution in [0.1, 0.15) is 19.8 Å². The largest absolute Gasteiger partial charge is 0.481 e. The molecule has 0 aromatic heterocycles. The maximum Gasteiger partial charge on any atom is 0.322 e. The smallest absolute Gasteiger partial charge is 0.322 e. The van der Waals surface area contributed by atoms with Crippen molar-refractivity contribution in [1.82, 2.24) is 5.32 Å². The van der Waals surface area contributed by atoms with Crippen LogP contribution < -0.4 is 10.2 Å². The Labute approximate surface area is 129 Å². The Balaban J connectivity index is 2.71. The topological polar surface area (TPSA) is 69.6 Å². The fourth-order valence-electron chi connectivity index (χ4n) is 1.92. The summed E-state index contributed by atoms with van der Waals surface area (Å²) in [6.45, 7) is 2.34. The third-order valence-corrected chi connectivity index (χ3v) is 3.71. The number of benzene rings is 1. The zero-order valence-corrected chi connectivity index (χ0v) is 13.2. The van der Waals surface area contributed by atoms with Gasteiger partial charge in [0.2, 0.25) is 0 Å². The first-order valence-corrected chi connectivity index (χ1v) is 8.27. The minimum absolute atomic E-state index is 0.0526. The lowest BCUT2D eigenvalue weighted by molar-refractivity contribution is -0.137. The molecule has 116 valence electrons. The highest BCUT2D eigenvalue weighted by Crippen LogP contribution is 2.14. The molecule has 0 bridgehead atoms. The van der Waals surface area contributed by atoms with Crippen molar-refractivity contribution in [1.29, 1.82) is 0 Å². The van der Waals surface area contributed by atoms with Gasteiger partial charge in [0.1, 0.15) is 0 Å². The van der Waals surface area contributed by atoms with E-state index in [9.17, 15) is 9.59 Å². The fraction of sp³-hybridized carbons (Fsp3) is 0.467. The van der Waals surface area contributed by atoms with Crippen molar-refractivity contribution in [3.63, 3.8) is 0 Å². The lowest BCUT2D eigenvalue weighted by Gasteiger charge is -2.25. The quantitative estimate of drug-likeness (QED) is 0.774. The predicted molar refractivity (Wildman–Crippen MR) is 87.0 cm³/mol. The van der Waals surface area contributed by atoms with Crippen molar-refractivity contribution in [2.24, 2.45) is 0 Å². The molecule has 1 unspecified atom stereocenters. The molecule has 1 atom stereocenters. The summed E-state index contributed by atoms with van der Waals surface area (Å²) >= 11 is 1.67. The first-order chi connectivity index (χ1) is 10.0. The Morgan fingerprint density at radius 3 is 2.57 bits per heavy atom. The molecule has 0 fully saturated rings. The molecule has 0 aliphatic heterocycles. The van der Waals surface area contributed by atoms with Gasteiger partial charge in [0.05, 0.1) is 0 Å². The lowest BCUT2D eigenvalue weighted by atomic mass is 10.2. The highest BCUT2D eigenvalue weighted by Gasteiger charge is 2.17. The molecule has 1 aromatic rings. The van der Waals surface area contributed by atoms with Crippen LogP contribution in [0.5, 0.6) is 0 Å². The number of urea groups is 1. The van der Waals surface area contributed by atoms with Crippen molar-refractivity contribution < 1.29 is 14.7 Å². The Morgan fingerprint density at radius 2 is 2.00 bits per heavy atom. The number of anilines is 1. The number of rotatable bonds is 8. The number of aliphatic carboxylic acids is 1. The molecule has 5 nitrogen and oxygen atoms in total. The SMILES string of the molecule is CSCC(C)NC(=O)N(CCCC(=O)O)c1ccccc1. The molecule has 0 aliphatic carbocycles.